The van der Waals surface area contributed by atoms with E-state index in [1.165, 1.54) is 18.4 Å². The Hall–Kier alpha value is -2.55. The molecule has 2 aromatic heterocycles. The molecule has 1 aliphatic heterocycles. The SMILES string of the molecule is COC(=O)c1nc(NC(=O)C2CCCN(c3nc(C)cc(C)n3)C2)sc1C(C)C. The lowest BCUT2D eigenvalue weighted by atomic mass is 9.97. The molecular formula is C20H27N5O3S. The minimum Gasteiger partial charge on any atom is -0.464 e. The second-order valence-corrected chi connectivity index (χ2v) is 8.63. The molecule has 0 bridgehead atoms. The van der Waals surface area contributed by atoms with Gasteiger partial charge in [-0.3, -0.25) is 4.79 Å². The summed E-state index contributed by atoms with van der Waals surface area (Å²) in [6.07, 6.45) is 1.68. The summed E-state index contributed by atoms with van der Waals surface area (Å²) in [5, 5.41) is 3.32. The first kappa shape index (κ1) is 21.2. The molecular weight excluding hydrogens is 390 g/mol. The third-order valence-corrected chi connectivity index (χ3v) is 6.10. The summed E-state index contributed by atoms with van der Waals surface area (Å²) in [5.74, 6) is 0.00500. The van der Waals surface area contributed by atoms with Crippen molar-refractivity contribution in [1.29, 1.82) is 0 Å². The molecule has 0 radical (unpaired) electrons. The number of nitrogens with one attached hydrogen (secondary N) is 1. The molecule has 3 rings (SSSR count). The van der Waals surface area contributed by atoms with Gasteiger partial charge >= 0.3 is 5.97 Å². The van der Waals surface area contributed by atoms with Gasteiger partial charge in [-0.2, -0.15) is 0 Å². The lowest BCUT2D eigenvalue weighted by molar-refractivity contribution is -0.120. The van der Waals surface area contributed by atoms with Gasteiger partial charge in [-0.15, -0.1) is 11.3 Å². The number of aryl methyl sites for hydroxylation is 2. The largest absolute Gasteiger partial charge is 0.464 e. The van der Waals surface area contributed by atoms with Crippen LogP contribution in [0.4, 0.5) is 11.1 Å². The topological polar surface area (TPSA) is 97.3 Å². The molecule has 1 unspecified atom stereocenters. The normalized spacial score (nSPS) is 16.8. The van der Waals surface area contributed by atoms with Gasteiger partial charge in [0.2, 0.25) is 11.9 Å². The number of nitrogens with zero attached hydrogens (tertiary/aromatic N) is 4. The van der Waals surface area contributed by atoms with Crippen molar-refractivity contribution in [2.45, 2.75) is 46.5 Å². The van der Waals surface area contributed by atoms with Crippen molar-refractivity contribution in [2.24, 2.45) is 5.92 Å². The molecule has 29 heavy (non-hydrogen) atoms. The van der Waals surface area contributed by atoms with Crippen molar-refractivity contribution < 1.29 is 14.3 Å². The van der Waals surface area contributed by atoms with Crippen molar-refractivity contribution >= 4 is 34.3 Å². The van der Waals surface area contributed by atoms with Gasteiger partial charge in [-0.05, 0) is 38.7 Å². The number of hydrogen-bond acceptors (Lipinski definition) is 8. The first-order chi connectivity index (χ1) is 13.8. The van der Waals surface area contributed by atoms with E-state index in [1.54, 1.807) is 0 Å². The van der Waals surface area contributed by atoms with E-state index >= 15 is 0 Å². The summed E-state index contributed by atoms with van der Waals surface area (Å²) in [6.45, 7) is 9.23. The molecule has 3 heterocycles. The highest BCUT2D eigenvalue weighted by Crippen LogP contribution is 2.31. The average molecular weight is 418 g/mol. The lowest BCUT2D eigenvalue weighted by Crippen LogP contribution is -2.41. The molecule has 1 aliphatic rings. The Morgan fingerprint density at radius 2 is 1.93 bits per heavy atom. The highest BCUT2D eigenvalue weighted by atomic mass is 32.1. The molecule has 156 valence electrons. The molecule has 1 atom stereocenters. The summed E-state index contributed by atoms with van der Waals surface area (Å²) < 4.78 is 4.82. The molecule has 0 spiro atoms. The Morgan fingerprint density at radius 3 is 2.55 bits per heavy atom. The fourth-order valence-electron chi connectivity index (χ4n) is 3.45. The summed E-state index contributed by atoms with van der Waals surface area (Å²) in [6, 6.07) is 1.94. The highest BCUT2D eigenvalue weighted by molar-refractivity contribution is 7.16. The zero-order valence-electron chi connectivity index (χ0n) is 17.5. The number of amides is 1. The minimum absolute atomic E-state index is 0.0976. The van der Waals surface area contributed by atoms with Crippen molar-refractivity contribution in [3.05, 3.63) is 28.0 Å². The van der Waals surface area contributed by atoms with Gasteiger partial charge < -0.3 is 15.0 Å². The van der Waals surface area contributed by atoms with Crippen LogP contribution in [0.2, 0.25) is 0 Å². The number of carbonyl (C=O) groups excluding carboxylic acids is 2. The maximum absolute atomic E-state index is 12.9. The van der Waals surface area contributed by atoms with E-state index in [0.29, 0.717) is 17.6 Å². The van der Waals surface area contributed by atoms with Crippen LogP contribution in [-0.4, -0.2) is 47.0 Å². The first-order valence-electron chi connectivity index (χ1n) is 9.75. The number of ether oxygens (including phenoxy) is 1. The Labute approximate surface area is 174 Å². The van der Waals surface area contributed by atoms with Gasteiger partial charge in [0.15, 0.2) is 10.8 Å². The molecule has 0 aliphatic carbocycles. The van der Waals surface area contributed by atoms with Crippen molar-refractivity contribution in [1.82, 2.24) is 15.0 Å². The summed E-state index contributed by atoms with van der Waals surface area (Å²) in [5.41, 5.74) is 2.11. The van der Waals surface area contributed by atoms with Crippen LogP contribution in [0, 0.1) is 19.8 Å². The van der Waals surface area contributed by atoms with Crippen molar-refractivity contribution in [3.63, 3.8) is 0 Å². The summed E-state index contributed by atoms with van der Waals surface area (Å²) in [4.78, 5) is 41.1. The molecule has 0 aromatic carbocycles. The number of thiazole rings is 1. The Morgan fingerprint density at radius 1 is 1.24 bits per heavy atom. The maximum Gasteiger partial charge on any atom is 0.357 e. The zero-order chi connectivity index (χ0) is 21.1. The Kier molecular flexibility index (Phi) is 6.46. The van der Waals surface area contributed by atoms with Crippen LogP contribution in [-0.2, 0) is 9.53 Å². The Balaban J connectivity index is 1.73. The van der Waals surface area contributed by atoms with Crippen LogP contribution in [0.5, 0.6) is 0 Å². The third kappa shape index (κ3) is 4.90. The van der Waals surface area contributed by atoms with E-state index in [2.05, 4.69) is 25.2 Å². The van der Waals surface area contributed by atoms with Crippen LogP contribution in [0.1, 0.15) is 59.4 Å². The van der Waals surface area contributed by atoms with E-state index < -0.39 is 5.97 Å². The van der Waals surface area contributed by atoms with Gasteiger partial charge in [0.1, 0.15) is 0 Å². The van der Waals surface area contributed by atoms with Gasteiger partial charge in [0.05, 0.1) is 13.0 Å². The second kappa shape index (κ2) is 8.86. The van der Waals surface area contributed by atoms with Gasteiger partial charge in [0, 0.05) is 29.4 Å². The molecule has 1 N–H and O–H groups in total. The number of anilines is 2. The van der Waals surface area contributed by atoms with E-state index in [4.69, 9.17) is 4.74 Å². The van der Waals surface area contributed by atoms with Crippen LogP contribution in [0.3, 0.4) is 0 Å². The van der Waals surface area contributed by atoms with E-state index in [1.807, 2.05) is 33.8 Å². The number of methoxy groups -OCH3 is 1. The number of hydrogen-bond donors (Lipinski definition) is 1. The monoisotopic (exact) mass is 417 g/mol. The zero-order valence-corrected chi connectivity index (χ0v) is 18.3. The molecule has 0 saturated carbocycles. The predicted octanol–water partition coefficient (Wildman–Crippen LogP) is 3.32. The van der Waals surface area contributed by atoms with Gasteiger partial charge in [0.25, 0.3) is 0 Å². The fourth-order valence-corrected chi connectivity index (χ4v) is 4.41. The fraction of sp³-hybridized carbons (Fsp3) is 0.550. The van der Waals surface area contributed by atoms with Gasteiger partial charge in [-0.25, -0.2) is 19.7 Å². The van der Waals surface area contributed by atoms with Crippen molar-refractivity contribution in [2.75, 3.05) is 30.4 Å². The van der Waals surface area contributed by atoms with Crippen LogP contribution >= 0.6 is 11.3 Å². The minimum atomic E-state index is -0.485. The first-order valence-corrected chi connectivity index (χ1v) is 10.6. The van der Waals surface area contributed by atoms with Crippen LogP contribution in [0.15, 0.2) is 6.07 Å². The third-order valence-electron chi connectivity index (χ3n) is 4.83. The number of esters is 1. The quantitative estimate of drug-likeness (QED) is 0.745. The highest BCUT2D eigenvalue weighted by Gasteiger charge is 2.29. The molecule has 1 saturated heterocycles. The van der Waals surface area contributed by atoms with Crippen molar-refractivity contribution in [3.8, 4) is 0 Å². The standard InChI is InChI=1S/C20H27N5O3S/c1-11(2)16-15(18(27)28-5)23-20(29-16)24-17(26)14-7-6-8-25(10-14)19-21-12(3)9-13(4)22-19/h9,11,14H,6-8,10H2,1-5H3,(H,23,24,26). The van der Waals surface area contributed by atoms with E-state index in [9.17, 15) is 9.59 Å². The van der Waals surface area contributed by atoms with Crippen LogP contribution in [0.25, 0.3) is 0 Å². The summed E-state index contributed by atoms with van der Waals surface area (Å²) >= 11 is 1.32. The van der Waals surface area contributed by atoms with Crippen LogP contribution < -0.4 is 10.2 Å². The molecule has 9 heteroatoms. The smallest absolute Gasteiger partial charge is 0.357 e. The van der Waals surface area contributed by atoms with E-state index in [-0.39, 0.29) is 23.4 Å². The predicted molar refractivity (Wildman–Crippen MR) is 113 cm³/mol. The Bertz CT molecular complexity index is 891. The molecule has 8 nitrogen and oxygen atoms in total. The number of aromatic nitrogens is 3. The number of carbonyl (C=O) groups is 2. The lowest BCUT2D eigenvalue weighted by Gasteiger charge is -2.32. The van der Waals surface area contributed by atoms with E-state index in [0.717, 1.165) is 35.7 Å². The number of rotatable bonds is 5. The van der Waals surface area contributed by atoms with Gasteiger partial charge in [-0.1, -0.05) is 13.8 Å². The molecule has 2 aromatic rings. The molecule has 1 amide bonds. The second-order valence-electron chi connectivity index (χ2n) is 7.60. The number of piperidine rings is 1. The molecule has 1 fully saturated rings. The summed E-state index contributed by atoms with van der Waals surface area (Å²) in [7, 11) is 1.33. The average Bonchev–Trinajstić information content (AvgIpc) is 3.11. The maximum atomic E-state index is 12.9.